The van der Waals surface area contributed by atoms with E-state index in [1.807, 2.05) is 0 Å². The lowest BCUT2D eigenvalue weighted by Gasteiger charge is -2.08. The highest BCUT2D eigenvalue weighted by atomic mass is 16.5. The van der Waals surface area contributed by atoms with E-state index >= 15 is 0 Å². The molecule has 2 heteroatoms. The first-order valence-corrected chi connectivity index (χ1v) is 7.00. The van der Waals surface area contributed by atoms with Crippen LogP contribution in [0.1, 0.15) is 51.4 Å². The Morgan fingerprint density at radius 1 is 1.12 bits per heavy atom. The van der Waals surface area contributed by atoms with Crippen LogP contribution < -0.4 is 0 Å². The minimum Gasteiger partial charge on any atom is -0.378 e. The second kappa shape index (κ2) is 4.48. The van der Waals surface area contributed by atoms with Crippen molar-refractivity contribution >= 4 is 5.78 Å². The van der Waals surface area contributed by atoms with E-state index in [0.29, 0.717) is 17.8 Å². The second-order valence-electron chi connectivity index (χ2n) is 5.78. The minimum atomic E-state index is 0.464. The van der Waals surface area contributed by atoms with E-state index < -0.39 is 0 Å². The Morgan fingerprint density at radius 3 is 2.62 bits per heavy atom. The third-order valence-electron chi connectivity index (χ3n) is 4.75. The van der Waals surface area contributed by atoms with Gasteiger partial charge in [0.2, 0.25) is 0 Å². The van der Waals surface area contributed by atoms with E-state index in [2.05, 4.69) is 0 Å². The largest absolute Gasteiger partial charge is 0.378 e. The third-order valence-corrected chi connectivity index (χ3v) is 4.75. The molecule has 3 atom stereocenters. The van der Waals surface area contributed by atoms with Gasteiger partial charge in [0.05, 0.1) is 6.10 Å². The van der Waals surface area contributed by atoms with Gasteiger partial charge in [-0.15, -0.1) is 0 Å². The molecule has 16 heavy (non-hydrogen) atoms. The highest BCUT2D eigenvalue weighted by Gasteiger charge is 2.55. The van der Waals surface area contributed by atoms with Crippen LogP contribution in [0.2, 0.25) is 0 Å². The van der Waals surface area contributed by atoms with Gasteiger partial charge in [0.1, 0.15) is 5.78 Å². The Morgan fingerprint density at radius 2 is 1.94 bits per heavy atom. The average Bonchev–Trinajstić information content (AvgIpc) is 2.76. The molecule has 0 aromatic rings. The lowest BCUT2D eigenvalue weighted by Crippen LogP contribution is -2.09. The summed E-state index contributed by atoms with van der Waals surface area (Å²) in [5.74, 6) is 2.65. The maximum atomic E-state index is 12.0. The zero-order valence-corrected chi connectivity index (χ0v) is 9.99. The monoisotopic (exact) mass is 222 g/mol. The van der Waals surface area contributed by atoms with Crippen LogP contribution in [0.3, 0.4) is 0 Å². The van der Waals surface area contributed by atoms with Gasteiger partial charge in [-0.3, -0.25) is 4.79 Å². The first-order valence-electron chi connectivity index (χ1n) is 7.00. The van der Waals surface area contributed by atoms with Crippen molar-refractivity contribution in [3.63, 3.8) is 0 Å². The lowest BCUT2D eigenvalue weighted by atomic mass is 10.0. The molecule has 1 aliphatic heterocycles. The van der Waals surface area contributed by atoms with Gasteiger partial charge in [-0.25, -0.2) is 0 Å². The van der Waals surface area contributed by atoms with Crippen LogP contribution in [-0.2, 0) is 9.53 Å². The van der Waals surface area contributed by atoms with Gasteiger partial charge in [0.25, 0.3) is 0 Å². The summed E-state index contributed by atoms with van der Waals surface area (Å²) in [6.07, 6.45) is 9.89. The van der Waals surface area contributed by atoms with E-state index in [1.54, 1.807) is 0 Å². The molecule has 2 saturated carbocycles. The molecule has 3 unspecified atom stereocenters. The molecule has 0 aromatic heterocycles. The number of Topliss-reactive ketones (excluding diaryl/α,β-unsaturated/α-hetero) is 1. The van der Waals surface area contributed by atoms with Gasteiger partial charge in [-0.2, -0.15) is 0 Å². The highest BCUT2D eigenvalue weighted by Crippen LogP contribution is 2.58. The summed E-state index contributed by atoms with van der Waals surface area (Å²) in [6.45, 7) is 0.936. The van der Waals surface area contributed by atoms with E-state index in [1.165, 1.54) is 32.1 Å². The van der Waals surface area contributed by atoms with E-state index in [-0.39, 0.29) is 0 Å². The summed E-state index contributed by atoms with van der Waals surface area (Å²) in [7, 11) is 0. The minimum absolute atomic E-state index is 0.464. The first-order chi connectivity index (χ1) is 7.86. The fraction of sp³-hybridized carbons (Fsp3) is 0.929. The van der Waals surface area contributed by atoms with Crippen LogP contribution in [-0.4, -0.2) is 18.5 Å². The van der Waals surface area contributed by atoms with Gasteiger partial charge in [-0.05, 0) is 50.4 Å². The molecule has 3 aliphatic rings. The van der Waals surface area contributed by atoms with E-state index in [0.717, 1.165) is 37.7 Å². The molecule has 90 valence electrons. The standard InChI is InChI=1S/C14H22O2/c15-13(14-11-6-2-7-12(11)14)8-1-4-10-5-3-9-16-10/h10-12,14H,1-9H2. The molecule has 2 nitrogen and oxygen atoms in total. The second-order valence-corrected chi connectivity index (χ2v) is 5.78. The lowest BCUT2D eigenvalue weighted by molar-refractivity contribution is -0.121. The number of hydrogen-bond acceptors (Lipinski definition) is 2. The van der Waals surface area contributed by atoms with Crippen LogP contribution in [0, 0.1) is 17.8 Å². The quantitative estimate of drug-likeness (QED) is 0.715. The van der Waals surface area contributed by atoms with Crippen molar-refractivity contribution in [1.29, 1.82) is 0 Å². The van der Waals surface area contributed by atoms with Crippen molar-refractivity contribution in [2.75, 3.05) is 6.61 Å². The van der Waals surface area contributed by atoms with Gasteiger partial charge in [0, 0.05) is 18.9 Å². The summed E-state index contributed by atoms with van der Waals surface area (Å²) in [4.78, 5) is 12.0. The summed E-state index contributed by atoms with van der Waals surface area (Å²) < 4.78 is 5.57. The molecule has 3 fully saturated rings. The molecule has 1 heterocycles. The number of fused-ring (bicyclic) bond motifs is 1. The fourth-order valence-electron chi connectivity index (χ4n) is 3.84. The predicted octanol–water partition coefficient (Wildman–Crippen LogP) is 2.95. The smallest absolute Gasteiger partial charge is 0.136 e. The highest BCUT2D eigenvalue weighted by molar-refractivity contribution is 5.84. The number of carbonyl (C=O) groups excluding carboxylic acids is 1. The number of carbonyl (C=O) groups is 1. The van der Waals surface area contributed by atoms with E-state index in [9.17, 15) is 4.79 Å². The Bertz CT molecular complexity index is 258. The zero-order chi connectivity index (χ0) is 11.0. The Balaban J connectivity index is 1.34. The van der Waals surface area contributed by atoms with Crippen molar-refractivity contribution in [2.24, 2.45) is 17.8 Å². The normalized spacial score (nSPS) is 41.0. The van der Waals surface area contributed by atoms with Crippen molar-refractivity contribution in [3.8, 4) is 0 Å². The van der Waals surface area contributed by atoms with Crippen LogP contribution >= 0.6 is 0 Å². The number of ether oxygens (including phenoxy) is 1. The van der Waals surface area contributed by atoms with Crippen LogP contribution in [0.25, 0.3) is 0 Å². The molecule has 2 aliphatic carbocycles. The number of ketones is 1. The molecular weight excluding hydrogens is 200 g/mol. The average molecular weight is 222 g/mol. The summed E-state index contributed by atoms with van der Waals surface area (Å²) in [5, 5.41) is 0. The molecular formula is C14H22O2. The van der Waals surface area contributed by atoms with Crippen LogP contribution in [0.15, 0.2) is 0 Å². The van der Waals surface area contributed by atoms with Gasteiger partial charge >= 0.3 is 0 Å². The van der Waals surface area contributed by atoms with Crippen molar-refractivity contribution in [3.05, 3.63) is 0 Å². The Hall–Kier alpha value is -0.370. The topological polar surface area (TPSA) is 26.3 Å². The van der Waals surface area contributed by atoms with Crippen molar-refractivity contribution in [1.82, 2.24) is 0 Å². The fourth-order valence-corrected chi connectivity index (χ4v) is 3.84. The van der Waals surface area contributed by atoms with Gasteiger partial charge in [-0.1, -0.05) is 6.42 Å². The molecule has 0 bridgehead atoms. The predicted molar refractivity (Wildman–Crippen MR) is 62.2 cm³/mol. The third kappa shape index (κ3) is 2.04. The molecule has 0 amide bonds. The Kier molecular flexibility index (Phi) is 3.01. The van der Waals surface area contributed by atoms with E-state index in [4.69, 9.17) is 4.74 Å². The van der Waals surface area contributed by atoms with Crippen LogP contribution in [0.4, 0.5) is 0 Å². The number of hydrogen-bond donors (Lipinski definition) is 0. The maximum absolute atomic E-state index is 12.0. The van der Waals surface area contributed by atoms with Gasteiger partial charge in [0.15, 0.2) is 0 Å². The molecule has 3 rings (SSSR count). The Labute approximate surface area is 97.7 Å². The van der Waals surface area contributed by atoms with Gasteiger partial charge < -0.3 is 4.74 Å². The van der Waals surface area contributed by atoms with Crippen molar-refractivity contribution < 1.29 is 9.53 Å². The molecule has 0 radical (unpaired) electrons. The number of rotatable bonds is 5. The maximum Gasteiger partial charge on any atom is 0.136 e. The summed E-state index contributed by atoms with van der Waals surface area (Å²) >= 11 is 0. The van der Waals surface area contributed by atoms with Crippen LogP contribution in [0.5, 0.6) is 0 Å². The molecule has 0 aromatic carbocycles. The molecule has 0 N–H and O–H groups in total. The summed E-state index contributed by atoms with van der Waals surface area (Å²) in [6, 6.07) is 0. The van der Waals surface area contributed by atoms with Crippen molar-refractivity contribution in [2.45, 2.75) is 57.5 Å². The zero-order valence-electron chi connectivity index (χ0n) is 9.99. The molecule has 1 saturated heterocycles. The summed E-state index contributed by atoms with van der Waals surface area (Å²) in [5.41, 5.74) is 0. The SMILES string of the molecule is O=C(CCCC1CCCO1)C1C2CCCC21. The molecule has 0 spiro atoms. The first kappa shape index (κ1) is 10.8.